The molecule has 1 heterocycles. The molecule has 4 nitrogen and oxygen atoms in total. The van der Waals surface area contributed by atoms with Crippen molar-refractivity contribution in [3.63, 3.8) is 0 Å². The van der Waals surface area contributed by atoms with Crippen molar-refractivity contribution in [2.45, 2.75) is 36.5 Å². The van der Waals surface area contributed by atoms with E-state index in [2.05, 4.69) is 46.6 Å². The Morgan fingerprint density at radius 2 is 1.64 bits per heavy atom. The molecule has 3 atom stereocenters. The molecule has 1 fully saturated rings. The van der Waals surface area contributed by atoms with Crippen molar-refractivity contribution in [2.75, 3.05) is 6.61 Å². The number of carbonyl (C=O) groups excluding carboxylic acids is 1. The first-order valence-electron chi connectivity index (χ1n) is 12.6. The summed E-state index contributed by atoms with van der Waals surface area (Å²) in [5.41, 5.74) is 2.38. The predicted octanol–water partition coefficient (Wildman–Crippen LogP) is 6.69. The van der Waals surface area contributed by atoms with Crippen molar-refractivity contribution in [3.05, 3.63) is 114 Å². The first kappa shape index (κ1) is 24.4. The maximum absolute atomic E-state index is 12.9. The fourth-order valence-electron chi connectivity index (χ4n) is 4.80. The number of para-hydroxylation sites is 1. The second-order valence-corrected chi connectivity index (χ2v) is 11.9. The average Bonchev–Trinajstić information content (AvgIpc) is 3.41. The number of azo groups is 1. The third kappa shape index (κ3) is 6.29. The van der Waals surface area contributed by atoms with Gasteiger partial charge in [-0.1, -0.05) is 30.3 Å². The number of nitrogens with zero attached hydrogens (tertiary/aromatic N) is 2. The van der Waals surface area contributed by atoms with Gasteiger partial charge in [0.1, 0.15) is 0 Å². The molecule has 1 aliphatic carbocycles. The molecule has 0 aromatic heterocycles. The molecule has 3 aromatic rings. The summed E-state index contributed by atoms with van der Waals surface area (Å²) >= 11 is 0.446. The molecule has 0 radical (unpaired) electrons. The zero-order chi connectivity index (χ0) is 24.6. The van der Waals surface area contributed by atoms with Crippen LogP contribution in [0.2, 0.25) is 4.82 Å². The van der Waals surface area contributed by atoms with Crippen LogP contribution in [0.3, 0.4) is 0 Å². The van der Waals surface area contributed by atoms with Crippen molar-refractivity contribution in [1.29, 1.82) is 0 Å². The monoisotopic (exact) mass is 542 g/mol. The van der Waals surface area contributed by atoms with Crippen LogP contribution in [0.5, 0.6) is 5.75 Å². The van der Waals surface area contributed by atoms with Crippen molar-refractivity contribution in [2.24, 2.45) is 16.1 Å². The Morgan fingerprint density at radius 1 is 0.917 bits per heavy atom. The number of benzene rings is 3. The van der Waals surface area contributed by atoms with E-state index in [1.54, 1.807) is 12.1 Å². The van der Waals surface area contributed by atoms with Crippen LogP contribution in [0.25, 0.3) is 6.08 Å². The van der Waals surface area contributed by atoms with Gasteiger partial charge in [-0.15, -0.1) is 0 Å². The predicted molar refractivity (Wildman–Crippen MR) is 146 cm³/mol. The molecule has 0 spiro atoms. The van der Waals surface area contributed by atoms with Gasteiger partial charge in [-0.2, -0.15) is 0 Å². The van der Waals surface area contributed by atoms with Crippen molar-refractivity contribution < 1.29 is 9.53 Å². The van der Waals surface area contributed by atoms with Gasteiger partial charge in [0.05, 0.1) is 0 Å². The number of carbonyl (C=O) groups is 1. The molecule has 182 valence electrons. The molecule has 0 N–H and O–H groups in total. The zero-order valence-electron chi connectivity index (χ0n) is 20.2. The molecule has 0 bridgehead atoms. The summed E-state index contributed by atoms with van der Waals surface area (Å²) in [4.78, 5) is 13.5. The number of hydrogen-bond acceptors (Lipinski definition) is 4. The van der Waals surface area contributed by atoms with Crippen LogP contribution in [0, 0.1) is 5.92 Å². The minimum absolute atomic E-state index is 0.0810. The fourth-order valence-corrected chi connectivity index (χ4v) is 7.78. The third-order valence-corrected chi connectivity index (χ3v) is 9.67. The molecule has 0 saturated heterocycles. The van der Waals surface area contributed by atoms with E-state index < -0.39 is 0 Å². The van der Waals surface area contributed by atoms with Gasteiger partial charge < -0.3 is 0 Å². The number of ether oxygens (including phenoxy) is 1. The molecular weight excluding hydrogens is 511 g/mol. The van der Waals surface area contributed by atoms with E-state index in [-0.39, 0.29) is 11.8 Å². The SMILES string of the molecule is O=C(/C=C/c1ccccc1)c1ccccc1OCC1=CC([C@@H]2CCCC[C@H]2[Se]c2ccccc2)N=N1. The first-order chi connectivity index (χ1) is 17.8. The third-order valence-electron chi connectivity index (χ3n) is 6.66. The van der Waals surface area contributed by atoms with E-state index in [1.165, 1.54) is 30.1 Å². The van der Waals surface area contributed by atoms with Gasteiger partial charge in [0.25, 0.3) is 0 Å². The van der Waals surface area contributed by atoms with Crippen molar-refractivity contribution in [3.8, 4) is 5.75 Å². The molecule has 0 amide bonds. The zero-order valence-corrected chi connectivity index (χ0v) is 21.9. The Bertz CT molecular complexity index is 1250. The van der Waals surface area contributed by atoms with Crippen molar-refractivity contribution >= 4 is 31.3 Å². The Balaban J connectivity index is 1.22. The average molecular weight is 542 g/mol. The van der Waals surface area contributed by atoms with Crippen LogP contribution in [-0.4, -0.2) is 33.4 Å². The first-order valence-corrected chi connectivity index (χ1v) is 14.4. The molecule has 2 aliphatic rings. The molecule has 5 rings (SSSR count). The molecule has 1 unspecified atom stereocenters. The molecule has 5 heteroatoms. The summed E-state index contributed by atoms with van der Waals surface area (Å²) in [6.07, 6.45) is 10.7. The second kappa shape index (κ2) is 12.1. The Morgan fingerprint density at radius 3 is 2.47 bits per heavy atom. The van der Waals surface area contributed by atoms with E-state index >= 15 is 0 Å². The van der Waals surface area contributed by atoms with Crippen LogP contribution in [0.4, 0.5) is 0 Å². The van der Waals surface area contributed by atoms with Crippen molar-refractivity contribution in [1.82, 2.24) is 0 Å². The van der Waals surface area contributed by atoms with E-state index in [0.29, 0.717) is 43.6 Å². The van der Waals surface area contributed by atoms with Gasteiger partial charge in [-0.25, -0.2) is 0 Å². The van der Waals surface area contributed by atoms with Gasteiger partial charge in [0, 0.05) is 0 Å². The van der Waals surface area contributed by atoms with E-state index in [0.717, 1.165) is 11.3 Å². The van der Waals surface area contributed by atoms with Crippen LogP contribution in [0.15, 0.2) is 113 Å². The van der Waals surface area contributed by atoms with E-state index in [4.69, 9.17) is 4.74 Å². The Labute approximate surface area is 219 Å². The summed E-state index contributed by atoms with van der Waals surface area (Å²) in [6, 6.07) is 28.2. The molecule has 1 aliphatic heterocycles. The van der Waals surface area contributed by atoms with E-state index in [9.17, 15) is 4.79 Å². The summed E-state index contributed by atoms with van der Waals surface area (Å²) in [5, 5.41) is 9.12. The molecular formula is C31H30N2O2Se. The standard InChI is InChI=1S/C31H30N2O2Se/c34-29(20-19-23-11-3-1-4-12-23)27-16-7-9-17-30(27)35-22-24-21-28(33-32-24)26-15-8-10-18-31(26)36-25-13-5-2-6-14-25/h1-7,9,11-14,16-17,19-21,26,28,31H,8,10,15,18,22H2/b20-19+/t26-,28?,31+/m0/s1. The quantitative estimate of drug-likeness (QED) is 0.172. The van der Waals surface area contributed by atoms with Crippen LogP contribution < -0.4 is 9.20 Å². The molecule has 3 aromatic carbocycles. The number of allylic oxidation sites excluding steroid dienone is 1. The van der Waals surface area contributed by atoms with Crippen LogP contribution in [0.1, 0.15) is 41.6 Å². The summed E-state index contributed by atoms with van der Waals surface area (Å²) in [7, 11) is 0. The summed E-state index contributed by atoms with van der Waals surface area (Å²) < 4.78 is 7.54. The summed E-state index contributed by atoms with van der Waals surface area (Å²) in [6.45, 7) is 0.313. The molecule has 1 saturated carbocycles. The van der Waals surface area contributed by atoms with Gasteiger partial charge in [-0.05, 0) is 5.56 Å². The number of ketones is 1. The van der Waals surface area contributed by atoms with E-state index in [1.807, 2.05) is 54.6 Å². The van der Waals surface area contributed by atoms with Crippen LogP contribution in [-0.2, 0) is 0 Å². The Hall–Kier alpha value is -3.27. The second-order valence-electron chi connectivity index (χ2n) is 9.17. The number of hydrogen-bond donors (Lipinski definition) is 0. The van der Waals surface area contributed by atoms with Gasteiger partial charge in [0.15, 0.2) is 0 Å². The van der Waals surface area contributed by atoms with Gasteiger partial charge in [-0.3, -0.25) is 0 Å². The fraction of sp³-hybridized carbons (Fsp3) is 0.258. The minimum atomic E-state index is -0.0810. The van der Waals surface area contributed by atoms with Gasteiger partial charge in [0.2, 0.25) is 0 Å². The maximum atomic E-state index is 12.9. The van der Waals surface area contributed by atoms with Gasteiger partial charge >= 0.3 is 184 Å². The normalized spacial score (nSPS) is 21.4. The Kier molecular flexibility index (Phi) is 8.22. The van der Waals surface area contributed by atoms with Crippen LogP contribution >= 0.6 is 0 Å². The topological polar surface area (TPSA) is 51.0 Å². The molecule has 36 heavy (non-hydrogen) atoms. The number of rotatable bonds is 9. The summed E-state index contributed by atoms with van der Waals surface area (Å²) in [5.74, 6) is 1.03.